The Morgan fingerprint density at radius 3 is 2.31 bits per heavy atom. The summed E-state index contributed by atoms with van der Waals surface area (Å²) in [5.74, 6) is 0.626. The number of β-amino-alcohol motifs (C(OH)–C–C–N with tert-alkyl or cyclic N) is 1. The third-order valence-electron chi connectivity index (χ3n) is 6.73. The van der Waals surface area contributed by atoms with Crippen LogP contribution in [-0.2, 0) is 9.53 Å². The highest BCUT2D eigenvalue weighted by molar-refractivity contribution is 5.94. The summed E-state index contributed by atoms with van der Waals surface area (Å²) in [5.41, 5.74) is 4.03. The molecule has 1 amide bonds. The van der Waals surface area contributed by atoms with Gasteiger partial charge in [0, 0.05) is 12.5 Å². The van der Waals surface area contributed by atoms with Crippen LogP contribution in [0.5, 0.6) is 5.75 Å². The van der Waals surface area contributed by atoms with Gasteiger partial charge in [0.15, 0.2) is 0 Å². The van der Waals surface area contributed by atoms with Gasteiger partial charge >= 0.3 is 0 Å². The molecule has 190 valence electrons. The number of carbonyl (C=O) groups is 1. The average Bonchev–Trinajstić information content (AvgIpc) is 2.91. The number of piperidine rings is 1. The molecule has 1 fully saturated rings. The fourth-order valence-electron chi connectivity index (χ4n) is 4.67. The zero-order chi connectivity index (χ0) is 25.3. The largest absolute Gasteiger partial charge is 0.495 e. The van der Waals surface area contributed by atoms with Gasteiger partial charge in [0.2, 0.25) is 5.91 Å². The van der Waals surface area contributed by atoms with Gasteiger partial charge in [-0.2, -0.15) is 0 Å². The fourth-order valence-corrected chi connectivity index (χ4v) is 4.67. The standard InChI is InChI=1S/C30H36N2O4/c1-22-12-14-24(15-13-22)29(23-8-4-3-5-9-23)36-21-26(33)20-32-18-16-25(17-19-32)30(34)31-27-10-6-7-11-28(27)35-2/h3-15,25-26,29,33H,16-21H2,1-2H3,(H,31,34). The number of carbonyl (C=O) groups excluding carboxylic acids is 1. The van der Waals surface area contributed by atoms with Crippen LogP contribution in [0, 0.1) is 12.8 Å². The Morgan fingerprint density at radius 2 is 1.61 bits per heavy atom. The summed E-state index contributed by atoms with van der Waals surface area (Å²) in [6.45, 7) is 4.36. The van der Waals surface area contributed by atoms with E-state index in [0.29, 0.717) is 18.0 Å². The smallest absolute Gasteiger partial charge is 0.227 e. The molecule has 3 aromatic carbocycles. The first-order valence-corrected chi connectivity index (χ1v) is 12.6. The molecule has 6 heteroatoms. The van der Waals surface area contributed by atoms with Crippen LogP contribution in [0.15, 0.2) is 78.9 Å². The number of rotatable bonds is 10. The number of ether oxygens (including phenoxy) is 2. The number of aryl methyl sites for hydroxylation is 1. The van der Waals surface area contributed by atoms with Crippen molar-refractivity contribution in [3.8, 4) is 5.75 Å². The van der Waals surface area contributed by atoms with Crippen LogP contribution in [0.25, 0.3) is 0 Å². The normalized spacial score (nSPS) is 16.3. The number of nitrogens with zero attached hydrogens (tertiary/aromatic N) is 1. The number of methoxy groups -OCH3 is 1. The van der Waals surface area contributed by atoms with Crippen molar-refractivity contribution in [3.05, 3.63) is 95.6 Å². The van der Waals surface area contributed by atoms with Gasteiger partial charge in [-0.1, -0.05) is 72.3 Å². The van der Waals surface area contributed by atoms with Crippen molar-refractivity contribution >= 4 is 11.6 Å². The van der Waals surface area contributed by atoms with E-state index in [-0.39, 0.29) is 24.5 Å². The van der Waals surface area contributed by atoms with Gasteiger partial charge in [-0.25, -0.2) is 0 Å². The summed E-state index contributed by atoms with van der Waals surface area (Å²) in [6.07, 6.45) is 0.668. The van der Waals surface area contributed by atoms with E-state index < -0.39 is 6.10 Å². The van der Waals surface area contributed by atoms with Crippen LogP contribution in [0.3, 0.4) is 0 Å². The van der Waals surface area contributed by atoms with E-state index in [4.69, 9.17) is 9.47 Å². The van der Waals surface area contributed by atoms with E-state index >= 15 is 0 Å². The molecular weight excluding hydrogens is 452 g/mol. The molecule has 0 aromatic heterocycles. The molecule has 1 saturated heterocycles. The fraction of sp³-hybridized carbons (Fsp3) is 0.367. The number of nitrogens with one attached hydrogen (secondary N) is 1. The van der Waals surface area contributed by atoms with Gasteiger partial charge in [0.05, 0.1) is 25.5 Å². The van der Waals surface area contributed by atoms with E-state index in [2.05, 4.69) is 53.5 Å². The summed E-state index contributed by atoms with van der Waals surface area (Å²) in [5, 5.41) is 13.8. The number of aliphatic hydroxyl groups excluding tert-OH is 1. The molecule has 36 heavy (non-hydrogen) atoms. The lowest BCUT2D eigenvalue weighted by Gasteiger charge is -2.33. The van der Waals surface area contributed by atoms with Crippen LogP contribution < -0.4 is 10.1 Å². The summed E-state index contributed by atoms with van der Waals surface area (Å²) >= 11 is 0. The number of benzene rings is 3. The Balaban J connectivity index is 1.27. The Morgan fingerprint density at radius 1 is 0.972 bits per heavy atom. The number of aliphatic hydroxyl groups is 1. The molecule has 1 heterocycles. The molecule has 0 bridgehead atoms. The zero-order valence-corrected chi connectivity index (χ0v) is 21.1. The second-order valence-corrected chi connectivity index (χ2v) is 9.45. The van der Waals surface area contributed by atoms with Gasteiger partial charge in [-0.05, 0) is 56.1 Å². The molecular formula is C30H36N2O4. The monoisotopic (exact) mass is 488 g/mol. The molecule has 3 aromatic rings. The minimum Gasteiger partial charge on any atom is -0.495 e. The number of para-hydroxylation sites is 2. The maximum atomic E-state index is 12.8. The highest BCUT2D eigenvalue weighted by Crippen LogP contribution is 2.28. The molecule has 2 atom stereocenters. The summed E-state index contributed by atoms with van der Waals surface area (Å²) < 4.78 is 11.6. The Kier molecular flexibility index (Phi) is 9.11. The summed E-state index contributed by atoms with van der Waals surface area (Å²) in [4.78, 5) is 15.0. The minimum absolute atomic E-state index is 0.0202. The quantitative estimate of drug-likeness (QED) is 0.428. The molecule has 1 aliphatic rings. The lowest BCUT2D eigenvalue weighted by molar-refractivity contribution is -0.121. The van der Waals surface area contributed by atoms with Crippen LogP contribution in [0.1, 0.15) is 35.6 Å². The van der Waals surface area contributed by atoms with Crippen molar-refractivity contribution < 1.29 is 19.4 Å². The molecule has 0 radical (unpaired) electrons. The number of likely N-dealkylation sites (tertiary alicyclic amines) is 1. The van der Waals surface area contributed by atoms with Crippen LogP contribution in [0.2, 0.25) is 0 Å². The maximum absolute atomic E-state index is 12.8. The second-order valence-electron chi connectivity index (χ2n) is 9.45. The molecule has 4 rings (SSSR count). The van der Waals surface area contributed by atoms with Gasteiger partial charge < -0.3 is 24.8 Å². The van der Waals surface area contributed by atoms with E-state index in [1.807, 2.05) is 42.5 Å². The predicted octanol–water partition coefficient (Wildman–Crippen LogP) is 4.82. The van der Waals surface area contributed by atoms with E-state index in [9.17, 15) is 9.90 Å². The number of hydrogen-bond acceptors (Lipinski definition) is 5. The Bertz CT molecular complexity index is 1100. The topological polar surface area (TPSA) is 71.0 Å². The predicted molar refractivity (Wildman–Crippen MR) is 142 cm³/mol. The number of anilines is 1. The first-order chi connectivity index (χ1) is 17.5. The van der Waals surface area contributed by atoms with Crippen molar-refractivity contribution in [2.75, 3.05) is 38.7 Å². The SMILES string of the molecule is COc1ccccc1NC(=O)C1CCN(CC(O)COC(c2ccccc2)c2ccc(C)cc2)CC1. The molecule has 0 spiro atoms. The number of hydrogen-bond donors (Lipinski definition) is 2. The van der Waals surface area contributed by atoms with Crippen molar-refractivity contribution in [1.29, 1.82) is 0 Å². The second kappa shape index (κ2) is 12.7. The number of amides is 1. The molecule has 0 aliphatic carbocycles. The average molecular weight is 489 g/mol. The summed E-state index contributed by atoms with van der Waals surface area (Å²) in [6, 6.07) is 25.9. The highest BCUT2D eigenvalue weighted by atomic mass is 16.5. The van der Waals surface area contributed by atoms with Crippen LogP contribution >= 0.6 is 0 Å². The van der Waals surface area contributed by atoms with Crippen LogP contribution in [0.4, 0.5) is 5.69 Å². The molecule has 6 nitrogen and oxygen atoms in total. The molecule has 2 N–H and O–H groups in total. The van der Waals surface area contributed by atoms with E-state index in [1.165, 1.54) is 5.56 Å². The highest BCUT2D eigenvalue weighted by Gasteiger charge is 2.27. The van der Waals surface area contributed by atoms with Gasteiger partial charge in [0.1, 0.15) is 11.9 Å². The minimum atomic E-state index is -0.611. The molecule has 0 saturated carbocycles. The molecule has 2 unspecified atom stereocenters. The van der Waals surface area contributed by atoms with Crippen molar-refractivity contribution in [1.82, 2.24) is 4.90 Å². The zero-order valence-electron chi connectivity index (χ0n) is 21.1. The van der Waals surface area contributed by atoms with Crippen LogP contribution in [-0.4, -0.2) is 55.4 Å². The van der Waals surface area contributed by atoms with E-state index in [0.717, 1.165) is 37.1 Å². The maximum Gasteiger partial charge on any atom is 0.227 e. The van der Waals surface area contributed by atoms with Crippen molar-refractivity contribution in [2.45, 2.75) is 32.0 Å². The van der Waals surface area contributed by atoms with Gasteiger partial charge in [0.25, 0.3) is 0 Å². The van der Waals surface area contributed by atoms with Crippen molar-refractivity contribution in [3.63, 3.8) is 0 Å². The van der Waals surface area contributed by atoms with E-state index in [1.54, 1.807) is 7.11 Å². The van der Waals surface area contributed by atoms with Gasteiger partial charge in [-0.15, -0.1) is 0 Å². The third kappa shape index (κ3) is 6.94. The summed E-state index contributed by atoms with van der Waals surface area (Å²) in [7, 11) is 1.60. The van der Waals surface area contributed by atoms with Gasteiger partial charge in [-0.3, -0.25) is 4.79 Å². The lowest BCUT2D eigenvalue weighted by Crippen LogP contribution is -2.42. The lowest BCUT2D eigenvalue weighted by atomic mass is 9.95. The Hall–Kier alpha value is -3.19. The Labute approximate surface area is 213 Å². The molecule has 1 aliphatic heterocycles. The van der Waals surface area contributed by atoms with Crippen molar-refractivity contribution in [2.24, 2.45) is 5.92 Å². The first kappa shape index (κ1) is 25.9. The third-order valence-corrected chi connectivity index (χ3v) is 6.73. The first-order valence-electron chi connectivity index (χ1n) is 12.6.